The predicted octanol–water partition coefficient (Wildman–Crippen LogP) is 1.49. The Morgan fingerprint density at radius 3 is 2.63 bits per heavy atom. The van der Waals surface area contributed by atoms with Gasteiger partial charge in [-0.15, -0.1) is 0 Å². The highest BCUT2D eigenvalue weighted by molar-refractivity contribution is 5.31. The van der Waals surface area contributed by atoms with Gasteiger partial charge in [0.2, 0.25) is 0 Å². The topological polar surface area (TPSA) is 61.7 Å². The second kappa shape index (κ2) is 8.91. The van der Waals surface area contributed by atoms with Gasteiger partial charge in [-0.25, -0.2) is 0 Å². The first kappa shape index (κ1) is 16.0. The lowest BCUT2D eigenvalue weighted by atomic mass is 10.2. The molecule has 4 nitrogen and oxygen atoms in total. The zero-order chi connectivity index (χ0) is 14.1. The third-order valence-corrected chi connectivity index (χ3v) is 3.03. The Balaban J connectivity index is 2.14. The van der Waals surface area contributed by atoms with E-state index in [-0.39, 0.29) is 12.7 Å². The van der Waals surface area contributed by atoms with Gasteiger partial charge < -0.3 is 20.3 Å². The molecule has 4 heteroatoms. The van der Waals surface area contributed by atoms with Gasteiger partial charge in [0, 0.05) is 6.54 Å². The van der Waals surface area contributed by atoms with Crippen LogP contribution < -0.4 is 10.1 Å². The molecule has 0 amide bonds. The Labute approximate surface area is 115 Å². The van der Waals surface area contributed by atoms with E-state index in [0.717, 1.165) is 17.7 Å². The van der Waals surface area contributed by atoms with Crippen molar-refractivity contribution in [2.24, 2.45) is 0 Å². The lowest BCUT2D eigenvalue weighted by Crippen LogP contribution is -2.33. The van der Waals surface area contributed by atoms with Crippen molar-refractivity contribution in [3.63, 3.8) is 0 Å². The molecule has 0 spiro atoms. The maximum absolute atomic E-state index is 9.77. The number of nitrogens with one attached hydrogen (secondary N) is 1. The molecule has 0 aromatic heterocycles. The SMILES string of the molecule is CCC(O)CCNCC(O)COc1ccccc1C. The molecule has 0 saturated carbocycles. The Bertz CT molecular complexity index is 357. The highest BCUT2D eigenvalue weighted by Crippen LogP contribution is 2.16. The summed E-state index contributed by atoms with van der Waals surface area (Å²) in [4.78, 5) is 0. The van der Waals surface area contributed by atoms with E-state index < -0.39 is 6.10 Å². The van der Waals surface area contributed by atoms with Crippen LogP contribution in [0.25, 0.3) is 0 Å². The van der Waals surface area contributed by atoms with Crippen molar-refractivity contribution in [1.82, 2.24) is 5.32 Å². The number of hydrogen-bond donors (Lipinski definition) is 3. The summed E-state index contributed by atoms with van der Waals surface area (Å²) < 4.78 is 5.56. The zero-order valence-electron chi connectivity index (χ0n) is 11.8. The van der Waals surface area contributed by atoms with Crippen LogP contribution >= 0.6 is 0 Å². The lowest BCUT2D eigenvalue weighted by Gasteiger charge is -2.15. The van der Waals surface area contributed by atoms with Crippen molar-refractivity contribution in [3.05, 3.63) is 29.8 Å². The van der Waals surface area contributed by atoms with E-state index in [1.807, 2.05) is 38.1 Å². The van der Waals surface area contributed by atoms with Crippen LogP contribution in [0.3, 0.4) is 0 Å². The first-order valence-electron chi connectivity index (χ1n) is 6.88. The average Bonchev–Trinajstić information content (AvgIpc) is 2.42. The molecule has 0 fully saturated rings. The number of hydrogen-bond acceptors (Lipinski definition) is 4. The standard InChI is InChI=1S/C15H25NO3/c1-3-13(17)8-9-16-10-14(18)11-19-15-7-5-4-6-12(15)2/h4-7,13-14,16-18H,3,8-11H2,1-2H3. The first-order valence-corrected chi connectivity index (χ1v) is 6.88. The van der Waals surface area contributed by atoms with E-state index in [9.17, 15) is 10.2 Å². The molecule has 3 N–H and O–H groups in total. The first-order chi connectivity index (χ1) is 9.13. The van der Waals surface area contributed by atoms with Crippen molar-refractivity contribution in [3.8, 4) is 5.75 Å². The maximum atomic E-state index is 9.77. The minimum atomic E-state index is -0.543. The summed E-state index contributed by atoms with van der Waals surface area (Å²) in [5.41, 5.74) is 1.06. The molecular formula is C15H25NO3. The number of ether oxygens (including phenoxy) is 1. The molecule has 19 heavy (non-hydrogen) atoms. The molecule has 0 saturated heterocycles. The molecule has 0 aliphatic rings. The molecule has 0 heterocycles. The second-order valence-corrected chi connectivity index (χ2v) is 4.79. The molecular weight excluding hydrogens is 242 g/mol. The zero-order valence-corrected chi connectivity index (χ0v) is 11.8. The van der Waals surface area contributed by atoms with Crippen molar-refractivity contribution in [2.75, 3.05) is 19.7 Å². The number of rotatable bonds is 9. The molecule has 1 aromatic rings. The number of aryl methyl sites for hydroxylation is 1. The van der Waals surface area contributed by atoms with Gasteiger partial charge in [-0.2, -0.15) is 0 Å². The van der Waals surface area contributed by atoms with Crippen molar-refractivity contribution < 1.29 is 14.9 Å². The normalized spacial score (nSPS) is 14.1. The highest BCUT2D eigenvalue weighted by atomic mass is 16.5. The van der Waals surface area contributed by atoms with Crippen LogP contribution in [-0.4, -0.2) is 42.1 Å². The monoisotopic (exact) mass is 267 g/mol. The third kappa shape index (κ3) is 6.57. The molecule has 0 aliphatic heterocycles. The van der Waals surface area contributed by atoms with Crippen LogP contribution in [0.5, 0.6) is 5.75 Å². The molecule has 2 atom stereocenters. The van der Waals surface area contributed by atoms with E-state index >= 15 is 0 Å². The fourth-order valence-electron chi connectivity index (χ4n) is 1.70. The Morgan fingerprint density at radius 2 is 1.95 bits per heavy atom. The summed E-state index contributed by atoms with van der Waals surface area (Å²) in [6.45, 7) is 5.38. The molecule has 108 valence electrons. The van der Waals surface area contributed by atoms with Crippen LogP contribution in [-0.2, 0) is 0 Å². The number of benzene rings is 1. The van der Waals surface area contributed by atoms with Gasteiger partial charge in [-0.1, -0.05) is 25.1 Å². The number of aliphatic hydroxyl groups is 2. The minimum absolute atomic E-state index is 0.257. The summed E-state index contributed by atoms with van der Waals surface area (Å²) >= 11 is 0. The Morgan fingerprint density at radius 1 is 1.21 bits per heavy atom. The van der Waals surface area contributed by atoms with Gasteiger partial charge in [-0.3, -0.25) is 0 Å². The third-order valence-electron chi connectivity index (χ3n) is 3.03. The fourth-order valence-corrected chi connectivity index (χ4v) is 1.70. The molecule has 1 aromatic carbocycles. The summed E-state index contributed by atoms with van der Waals surface area (Å²) in [7, 11) is 0. The van der Waals surface area contributed by atoms with Crippen LogP contribution in [0.15, 0.2) is 24.3 Å². The van der Waals surface area contributed by atoms with Crippen LogP contribution in [0.2, 0.25) is 0 Å². The Kier molecular flexibility index (Phi) is 7.48. The summed E-state index contributed by atoms with van der Waals surface area (Å²) in [6, 6.07) is 7.75. The molecule has 0 aliphatic carbocycles. The van der Waals surface area contributed by atoms with Crippen molar-refractivity contribution >= 4 is 0 Å². The summed E-state index contributed by atoms with van der Waals surface area (Å²) in [5, 5.41) is 22.3. The van der Waals surface area contributed by atoms with Gasteiger partial charge in [-0.05, 0) is 37.9 Å². The highest BCUT2D eigenvalue weighted by Gasteiger charge is 2.06. The molecule has 0 radical (unpaired) electrons. The fraction of sp³-hybridized carbons (Fsp3) is 0.600. The number of para-hydroxylation sites is 1. The quantitative estimate of drug-likeness (QED) is 0.593. The van der Waals surface area contributed by atoms with Crippen LogP contribution in [0.1, 0.15) is 25.3 Å². The maximum Gasteiger partial charge on any atom is 0.122 e. The lowest BCUT2D eigenvalue weighted by molar-refractivity contribution is 0.103. The summed E-state index contributed by atoms with van der Waals surface area (Å²) in [5.74, 6) is 0.808. The molecule has 2 unspecified atom stereocenters. The van der Waals surface area contributed by atoms with Crippen molar-refractivity contribution in [1.29, 1.82) is 0 Å². The van der Waals surface area contributed by atoms with E-state index in [1.165, 1.54) is 0 Å². The van der Waals surface area contributed by atoms with Gasteiger partial charge in [0.1, 0.15) is 18.5 Å². The van der Waals surface area contributed by atoms with E-state index in [2.05, 4.69) is 5.32 Å². The molecule has 0 bridgehead atoms. The number of aliphatic hydroxyl groups excluding tert-OH is 2. The van der Waals surface area contributed by atoms with Gasteiger partial charge >= 0.3 is 0 Å². The predicted molar refractivity (Wildman–Crippen MR) is 76.5 cm³/mol. The van der Waals surface area contributed by atoms with E-state index in [1.54, 1.807) is 0 Å². The van der Waals surface area contributed by atoms with Gasteiger partial charge in [0.15, 0.2) is 0 Å². The average molecular weight is 267 g/mol. The van der Waals surface area contributed by atoms with Crippen LogP contribution in [0.4, 0.5) is 0 Å². The second-order valence-electron chi connectivity index (χ2n) is 4.79. The smallest absolute Gasteiger partial charge is 0.122 e. The Hall–Kier alpha value is -1.10. The van der Waals surface area contributed by atoms with Gasteiger partial charge in [0.05, 0.1) is 6.10 Å². The van der Waals surface area contributed by atoms with E-state index in [0.29, 0.717) is 19.5 Å². The van der Waals surface area contributed by atoms with Gasteiger partial charge in [0.25, 0.3) is 0 Å². The van der Waals surface area contributed by atoms with Crippen LogP contribution in [0, 0.1) is 6.92 Å². The largest absolute Gasteiger partial charge is 0.491 e. The minimum Gasteiger partial charge on any atom is -0.491 e. The summed E-state index contributed by atoms with van der Waals surface area (Å²) in [6.07, 6.45) is 0.675. The molecule has 1 rings (SSSR count). The van der Waals surface area contributed by atoms with E-state index in [4.69, 9.17) is 4.74 Å². The van der Waals surface area contributed by atoms with Crippen molar-refractivity contribution in [2.45, 2.75) is 38.9 Å².